The Morgan fingerprint density at radius 2 is 1.68 bits per heavy atom. The van der Waals surface area contributed by atoms with Gasteiger partial charge in [-0.15, -0.1) is 17.9 Å². The van der Waals surface area contributed by atoms with Crippen molar-refractivity contribution < 1.29 is 9.59 Å². The number of amides is 2. The molecule has 196 valence electrons. The highest BCUT2D eigenvalue weighted by Crippen LogP contribution is 2.40. The zero-order valence-electron chi connectivity index (χ0n) is 22.2. The summed E-state index contributed by atoms with van der Waals surface area (Å²) in [4.78, 5) is 33.1. The van der Waals surface area contributed by atoms with Gasteiger partial charge in [0, 0.05) is 52.3 Å². The first-order valence-electron chi connectivity index (χ1n) is 13.6. The van der Waals surface area contributed by atoms with Crippen molar-refractivity contribution in [1.82, 2.24) is 14.5 Å². The van der Waals surface area contributed by atoms with Crippen LogP contribution in [0.4, 0.5) is 0 Å². The van der Waals surface area contributed by atoms with Gasteiger partial charge in [0.15, 0.2) is 0 Å². The number of unbranched alkanes of at least 4 members (excludes halogenated alkanes) is 1. The molecule has 6 heteroatoms. The third-order valence-corrected chi connectivity index (χ3v) is 8.84. The number of hydrogen-bond donors (Lipinski definition) is 0. The fourth-order valence-electron chi connectivity index (χ4n) is 5.83. The lowest BCUT2D eigenvalue weighted by Gasteiger charge is -2.27. The van der Waals surface area contributed by atoms with E-state index < -0.39 is 0 Å². The number of imide groups is 1. The lowest BCUT2D eigenvalue weighted by molar-refractivity contribution is 0.0608. The van der Waals surface area contributed by atoms with Gasteiger partial charge in [-0.3, -0.25) is 14.5 Å². The number of thiazole rings is 1. The van der Waals surface area contributed by atoms with Gasteiger partial charge in [0.1, 0.15) is 5.01 Å². The molecule has 6 aromatic rings. The summed E-state index contributed by atoms with van der Waals surface area (Å²) in [6, 6.07) is 24.4. The number of carbonyl (C=O) groups is 2. The van der Waals surface area contributed by atoms with Crippen LogP contribution in [0.1, 0.15) is 40.5 Å². The maximum atomic E-state index is 13.4. The summed E-state index contributed by atoms with van der Waals surface area (Å²) in [5.74, 6) is -0.410. The Kier molecular flexibility index (Phi) is 5.86. The number of carbonyl (C=O) groups excluding carboxylic acids is 2. The zero-order chi connectivity index (χ0) is 27.4. The average Bonchev–Trinajstić information content (AvgIpc) is 3.57. The van der Waals surface area contributed by atoms with Gasteiger partial charge in [0.2, 0.25) is 0 Å². The first-order chi connectivity index (χ1) is 19.6. The Morgan fingerprint density at radius 1 is 0.875 bits per heavy atom. The van der Waals surface area contributed by atoms with E-state index in [1.54, 1.807) is 11.3 Å². The number of benzene rings is 4. The summed E-state index contributed by atoms with van der Waals surface area (Å²) >= 11 is 1.69. The largest absolute Gasteiger partial charge is 0.343 e. The Labute approximate surface area is 236 Å². The molecule has 0 spiro atoms. The SMILES string of the molecule is C=CCn1cc(-c2nc3ccccc3s2)c2cc(-c3ccc4c5c(cccc35)C(=O)N(CCCC)C4=O)ccc21. The molecule has 0 saturated carbocycles. The van der Waals surface area contributed by atoms with E-state index in [0.717, 1.165) is 66.4 Å². The van der Waals surface area contributed by atoms with Crippen molar-refractivity contribution in [2.75, 3.05) is 6.54 Å². The van der Waals surface area contributed by atoms with Crippen LogP contribution in [0.5, 0.6) is 0 Å². The van der Waals surface area contributed by atoms with Gasteiger partial charge in [-0.25, -0.2) is 4.98 Å². The number of allylic oxidation sites excluding steroid dienone is 1. The van der Waals surface area contributed by atoms with E-state index >= 15 is 0 Å². The predicted molar refractivity (Wildman–Crippen MR) is 164 cm³/mol. The lowest BCUT2D eigenvalue weighted by atomic mass is 9.88. The summed E-state index contributed by atoms with van der Waals surface area (Å²) in [6.07, 6.45) is 5.78. The number of rotatable bonds is 7. The predicted octanol–water partition coefficient (Wildman–Crippen LogP) is 8.32. The van der Waals surface area contributed by atoms with Gasteiger partial charge in [-0.05, 0) is 59.3 Å². The zero-order valence-corrected chi connectivity index (χ0v) is 23.0. The number of aromatic nitrogens is 2. The second kappa shape index (κ2) is 9.57. The number of para-hydroxylation sites is 1. The van der Waals surface area contributed by atoms with Gasteiger partial charge < -0.3 is 4.57 Å². The van der Waals surface area contributed by atoms with Crippen LogP contribution in [0.25, 0.3) is 53.6 Å². The normalized spacial score (nSPS) is 13.2. The van der Waals surface area contributed by atoms with E-state index in [1.165, 1.54) is 4.90 Å². The summed E-state index contributed by atoms with van der Waals surface area (Å²) in [7, 11) is 0. The smallest absolute Gasteiger partial charge is 0.261 e. The summed E-state index contributed by atoms with van der Waals surface area (Å²) in [6.45, 7) is 7.15. The van der Waals surface area contributed by atoms with Crippen LogP contribution in [0.15, 0.2) is 91.6 Å². The number of fused-ring (bicyclic) bond motifs is 2. The summed E-state index contributed by atoms with van der Waals surface area (Å²) < 4.78 is 3.36. The molecular weight excluding hydrogens is 514 g/mol. The molecule has 0 atom stereocenters. The molecule has 0 fully saturated rings. The van der Waals surface area contributed by atoms with Crippen LogP contribution in [0, 0.1) is 0 Å². The molecular formula is C34H27N3O2S. The monoisotopic (exact) mass is 541 g/mol. The highest BCUT2D eigenvalue weighted by Gasteiger charge is 2.33. The van der Waals surface area contributed by atoms with Gasteiger partial charge in [0.25, 0.3) is 11.8 Å². The van der Waals surface area contributed by atoms with Crippen LogP contribution in [-0.4, -0.2) is 32.8 Å². The van der Waals surface area contributed by atoms with Gasteiger partial charge in [-0.2, -0.15) is 0 Å². The Hall–Kier alpha value is -4.55. The van der Waals surface area contributed by atoms with E-state index in [4.69, 9.17) is 4.98 Å². The number of hydrogen-bond acceptors (Lipinski definition) is 4. The number of nitrogens with zero attached hydrogens (tertiary/aromatic N) is 3. The molecule has 0 bridgehead atoms. The minimum atomic E-state index is -0.205. The van der Waals surface area contributed by atoms with Crippen molar-refractivity contribution in [2.45, 2.75) is 26.3 Å². The van der Waals surface area contributed by atoms with Gasteiger partial charge >= 0.3 is 0 Å². The molecule has 2 amide bonds. The molecule has 4 aromatic carbocycles. The van der Waals surface area contributed by atoms with Crippen LogP contribution in [-0.2, 0) is 6.54 Å². The Morgan fingerprint density at radius 3 is 2.48 bits per heavy atom. The van der Waals surface area contributed by atoms with Crippen molar-refractivity contribution >= 4 is 55.0 Å². The summed E-state index contributed by atoms with van der Waals surface area (Å²) in [5, 5.41) is 3.75. The third kappa shape index (κ3) is 3.71. The summed E-state index contributed by atoms with van der Waals surface area (Å²) in [5.41, 5.74) is 6.41. The van der Waals surface area contributed by atoms with Crippen molar-refractivity contribution in [3.63, 3.8) is 0 Å². The molecule has 0 saturated heterocycles. The molecule has 2 aromatic heterocycles. The van der Waals surface area contributed by atoms with Crippen LogP contribution < -0.4 is 0 Å². The third-order valence-electron chi connectivity index (χ3n) is 7.77. The van der Waals surface area contributed by atoms with E-state index in [0.29, 0.717) is 24.2 Å². The molecule has 0 radical (unpaired) electrons. The molecule has 1 aliphatic rings. The lowest BCUT2D eigenvalue weighted by Crippen LogP contribution is -2.40. The first-order valence-corrected chi connectivity index (χ1v) is 14.4. The Balaban J connectivity index is 1.41. The molecule has 0 N–H and O–H groups in total. The average molecular weight is 542 g/mol. The standard InChI is InChI=1S/C34H27N3O2S/c1-3-5-18-37-33(38)24-10-8-9-23-22(14-15-25(31(23)24)34(37)39)21-13-16-29-26(19-21)27(20-36(29)17-4-2)32-35-28-11-6-7-12-30(28)40-32/h4,6-16,19-20H,2-3,5,17-18H2,1H3. The van der Waals surface area contributed by atoms with Crippen molar-refractivity contribution in [3.05, 3.63) is 103 Å². The second-order valence-electron chi connectivity index (χ2n) is 10.2. The fraction of sp³-hybridized carbons (Fsp3) is 0.147. The Bertz CT molecular complexity index is 1940. The molecule has 3 heterocycles. The maximum Gasteiger partial charge on any atom is 0.261 e. The topological polar surface area (TPSA) is 55.2 Å². The maximum absolute atomic E-state index is 13.4. The van der Waals surface area contributed by atoms with Crippen LogP contribution in [0.2, 0.25) is 0 Å². The highest BCUT2D eigenvalue weighted by molar-refractivity contribution is 7.21. The van der Waals surface area contributed by atoms with E-state index in [-0.39, 0.29) is 11.8 Å². The van der Waals surface area contributed by atoms with E-state index in [1.807, 2.05) is 54.6 Å². The van der Waals surface area contributed by atoms with Crippen molar-refractivity contribution in [1.29, 1.82) is 0 Å². The molecule has 1 aliphatic heterocycles. The molecule has 40 heavy (non-hydrogen) atoms. The van der Waals surface area contributed by atoms with Crippen molar-refractivity contribution in [3.8, 4) is 21.7 Å². The van der Waals surface area contributed by atoms with E-state index in [2.05, 4.69) is 48.5 Å². The molecule has 7 rings (SSSR count). The minimum Gasteiger partial charge on any atom is -0.343 e. The first kappa shape index (κ1) is 24.5. The van der Waals surface area contributed by atoms with Crippen LogP contribution in [0.3, 0.4) is 0 Å². The molecule has 0 unspecified atom stereocenters. The molecule has 5 nitrogen and oxygen atoms in total. The van der Waals surface area contributed by atoms with E-state index in [9.17, 15) is 9.59 Å². The van der Waals surface area contributed by atoms with Crippen LogP contribution >= 0.6 is 11.3 Å². The fourth-order valence-corrected chi connectivity index (χ4v) is 6.82. The minimum absolute atomic E-state index is 0.205. The van der Waals surface area contributed by atoms with Gasteiger partial charge in [-0.1, -0.05) is 55.8 Å². The quantitative estimate of drug-likeness (QED) is 0.151. The second-order valence-corrected chi connectivity index (χ2v) is 11.2. The molecule has 0 aliphatic carbocycles. The highest BCUT2D eigenvalue weighted by atomic mass is 32.1. The van der Waals surface area contributed by atoms with Gasteiger partial charge in [0.05, 0.1) is 10.2 Å². The van der Waals surface area contributed by atoms with Crippen molar-refractivity contribution in [2.24, 2.45) is 0 Å².